The summed E-state index contributed by atoms with van der Waals surface area (Å²) in [4.78, 5) is 0.172. The van der Waals surface area contributed by atoms with E-state index in [2.05, 4.69) is 15.9 Å². The summed E-state index contributed by atoms with van der Waals surface area (Å²) in [6.07, 6.45) is 1.14. The fourth-order valence-corrected chi connectivity index (χ4v) is 4.40. The predicted octanol–water partition coefficient (Wildman–Crippen LogP) is 5.70. The maximum atomic E-state index is 11.9. The van der Waals surface area contributed by atoms with Crippen LogP contribution in [0.1, 0.15) is 11.1 Å². The van der Waals surface area contributed by atoms with E-state index in [0.29, 0.717) is 20.6 Å². The third kappa shape index (κ3) is 4.06. The second-order valence-corrected chi connectivity index (χ2v) is 8.78. The molecule has 0 aliphatic carbocycles. The Morgan fingerprint density at radius 3 is 2.05 bits per heavy atom. The van der Waals surface area contributed by atoms with Crippen LogP contribution in [0.15, 0.2) is 56.3 Å². The van der Waals surface area contributed by atoms with E-state index in [-0.39, 0.29) is 9.39 Å². The maximum absolute atomic E-state index is 11.9. The highest BCUT2D eigenvalue weighted by Crippen LogP contribution is 2.34. The molecule has 116 valence electrons. The zero-order valence-electron chi connectivity index (χ0n) is 11.3. The normalized spacial score (nSPS) is 11.3. The van der Waals surface area contributed by atoms with Crippen LogP contribution in [0, 0.1) is 0 Å². The van der Waals surface area contributed by atoms with Crippen molar-refractivity contribution in [1.29, 1.82) is 0 Å². The molecule has 2 rings (SSSR count). The molecule has 2 nitrogen and oxygen atoms in total. The molecule has 7 heteroatoms. The average Bonchev–Trinajstić information content (AvgIpc) is 2.41. The molecule has 2 aromatic carbocycles. The Morgan fingerprint density at radius 2 is 1.55 bits per heavy atom. The van der Waals surface area contributed by atoms with Crippen molar-refractivity contribution >= 4 is 66.1 Å². The lowest BCUT2D eigenvalue weighted by Crippen LogP contribution is -2.00. The van der Waals surface area contributed by atoms with Crippen LogP contribution >= 0.6 is 50.7 Å². The van der Waals surface area contributed by atoms with E-state index in [1.807, 2.05) is 0 Å². The van der Waals surface area contributed by atoms with Gasteiger partial charge in [-0.2, -0.15) is 0 Å². The second-order valence-electron chi connectivity index (χ2n) is 4.56. The van der Waals surface area contributed by atoms with Gasteiger partial charge in [-0.1, -0.05) is 53.0 Å². The molecular weight excluding hydrogens is 430 g/mol. The molecule has 0 saturated carbocycles. The summed E-state index contributed by atoms with van der Waals surface area (Å²) in [5.74, 6) is 0. The third-order valence-electron chi connectivity index (χ3n) is 2.94. The third-order valence-corrected chi connectivity index (χ3v) is 5.66. The number of rotatable bonds is 3. The van der Waals surface area contributed by atoms with E-state index in [9.17, 15) is 8.42 Å². The van der Waals surface area contributed by atoms with Gasteiger partial charge in [-0.3, -0.25) is 0 Å². The molecule has 22 heavy (non-hydrogen) atoms. The quantitative estimate of drug-likeness (QED) is 0.613. The molecule has 0 fully saturated rings. The Morgan fingerprint density at radius 1 is 1.00 bits per heavy atom. The van der Waals surface area contributed by atoms with Crippen molar-refractivity contribution in [2.45, 2.75) is 4.90 Å². The Bertz CT molecular complexity index is 840. The van der Waals surface area contributed by atoms with Crippen molar-refractivity contribution in [3.8, 4) is 0 Å². The lowest BCUT2D eigenvalue weighted by Gasteiger charge is -2.11. The molecule has 0 atom stereocenters. The molecular formula is C15H10BrCl3O2S. The molecule has 0 radical (unpaired) electrons. The fourth-order valence-electron chi connectivity index (χ4n) is 1.94. The SMILES string of the molecule is CS(=O)(=O)c1cc(C(=C(Cl)Cl)c2ccc(Cl)cc2)ccc1Br. The van der Waals surface area contributed by atoms with E-state index >= 15 is 0 Å². The molecule has 0 heterocycles. The number of hydrogen-bond acceptors (Lipinski definition) is 2. The average molecular weight is 441 g/mol. The van der Waals surface area contributed by atoms with Crippen molar-refractivity contribution in [3.05, 3.63) is 67.6 Å². The minimum atomic E-state index is -3.38. The Kier molecular flexibility index (Phi) is 5.62. The van der Waals surface area contributed by atoms with Gasteiger partial charge in [0.05, 0.1) is 4.90 Å². The Balaban J connectivity index is 2.66. The fraction of sp³-hybridized carbons (Fsp3) is 0.0667. The van der Waals surface area contributed by atoms with Crippen molar-refractivity contribution in [2.24, 2.45) is 0 Å². The minimum Gasteiger partial charge on any atom is -0.224 e. The van der Waals surface area contributed by atoms with Gasteiger partial charge in [-0.05, 0) is 51.3 Å². The lowest BCUT2D eigenvalue weighted by atomic mass is 10.00. The molecule has 0 amide bonds. The first-order valence-corrected chi connectivity index (χ1v) is 9.83. The van der Waals surface area contributed by atoms with Crippen molar-refractivity contribution in [2.75, 3.05) is 6.26 Å². The highest BCUT2D eigenvalue weighted by Gasteiger charge is 2.16. The number of hydrogen-bond donors (Lipinski definition) is 0. The van der Waals surface area contributed by atoms with Crippen LogP contribution in [0.3, 0.4) is 0 Å². The van der Waals surface area contributed by atoms with Crippen LogP contribution in [-0.4, -0.2) is 14.7 Å². The summed E-state index contributed by atoms with van der Waals surface area (Å²) < 4.78 is 24.2. The van der Waals surface area contributed by atoms with Gasteiger partial charge in [0, 0.05) is 21.3 Å². The van der Waals surface area contributed by atoms with Crippen molar-refractivity contribution in [3.63, 3.8) is 0 Å². The molecule has 0 aliphatic heterocycles. The number of benzene rings is 2. The molecule has 0 aromatic heterocycles. The molecule has 0 N–H and O–H groups in total. The molecule has 0 bridgehead atoms. The van der Waals surface area contributed by atoms with Gasteiger partial charge in [0.25, 0.3) is 0 Å². The van der Waals surface area contributed by atoms with Crippen LogP contribution in [0.2, 0.25) is 5.02 Å². The summed E-state index contributed by atoms with van der Waals surface area (Å²) in [6.45, 7) is 0. The van der Waals surface area contributed by atoms with Crippen LogP contribution in [0.4, 0.5) is 0 Å². The number of halogens is 4. The second kappa shape index (κ2) is 6.93. The van der Waals surface area contributed by atoms with Crippen LogP contribution in [0.25, 0.3) is 5.57 Å². The van der Waals surface area contributed by atoms with E-state index in [0.717, 1.165) is 11.8 Å². The molecule has 0 unspecified atom stereocenters. The topological polar surface area (TPSA) is 34.1 Å². The first-order valence-electron chi connectivity index (χ1n) is 6.01. The summed E-state index contributed by atoms with van der Waals surface area (Å²) >= 11 is 21.1. The van der Waals surface area contributed by atoms with Gasteiger partial charge >= 0.3 is 0 Å². The van der Waals surface area contributed by atoms with Crippen molar-refractivity contribution in [1.82, 2.24) is 0 Å². The summed E-state index contributed by atoms with van der Waals surface area (Å²) in [6, 6.07) is 11.9. The zero-order chi connectivity index (χ0) is 16.5. The standard InChI is InChI=1S/C15H10BrCl3O2S/c1-22(20,21)13-8-10(4-7-12(13)16)14(15(18)19)9-2-5-11(17)6-3-9/h2-8H,1H3. The summed E-state index contributed by atoms with van der Waals surface area (Å²) in [5.41, 5.74) is 1.88. The first kappa shape index (κ1) is 17.8. The van der Waals surface area contributed by atoms with Crippen LogP contribution < -0.4 is 0 Å². The molecule has 0 saturated heterocycles. The zero-order valence-corrected chi connectivity index (χ0v) is 15.9. The van der Waals surface area contributed by atoms with E-state index in [1.54, 1.807) is 36.4 Å². The van der Waals surface area contributed by atoms with E-state index < -0.39 is 9.84 Å². The maximum Gasteiger partial charge on any atom is 0.176 e. The van der Waals surface area contributed by atoms with E-state index in [1.165, 1.54) is 6.07 Å². The smallest absolute Gasteiger partial charge is 0.176 e. The monoisotopic (exact) mass is 438 g/mol. The predicted molar refractivity (Wildman–Crippen MR) is 96.4 cm³/mol. The van der Waals surface area contributed by atoms with Crippen LogP contribution in [-0.2, 0) is 9.84 Å². The summed E-state index contributed by atoms with van der Waals surface area (Å²) in [5, 5.41) is 0.585. The van der Waals surface area contributed by atoms with Gasteiger partial charge in [-0.25, -0.2) is 8.42 Å². The van der Waals surface area contributed by atoms with Gasteiger partial charge in [0.1, 0.15) is 4.49 Å². The Hall–Kier alpha value is -0.520. The van der Waals surface area contributed by atoms with Gasteiger partial charge < -0.3 is 0 Å². The Labute approximate surface area is 152 Å². The highest BCUT2D eigenvalue weighted by atomic mass is 79.9. The van der Waals surface area contributed by atoms with Crippen LogP contribution in [0.5, 0.6) is 0 Å². The van der Waals surface area contributed by atoms with E-state index in [4.69, 9.17) is 34.8 Å². The molecule has 2 aromatic rings. The lowest BCUT2D eigenvalue weighted by molar-refractivity contribution is 0.601. The first-order chi connectivity index (χ1) is 10.2. The highest BCUT2D eigenvalue weighted by molar-refractivity contribution is 9.10. The summed E-state index contributed by atoms with van der Waals surface area (Å²) in [7, 11) is -3.38. The molecule has 0 aliphatic rings. The largest absolute Gasteiger partial charge is 0.224 e. The number of sulfone groups is 1. The van der Waals surface area contributed by atoms with Gasteiger partial charge in [0.2, 0.25) is 0 Å². The molecule has 0 spiro atoms. The van der Waals surface area contributed by atoms with Gasteiger partial charge in [0.15, 0.2) is 9.84 Å². The van der Waals surface area contributed by atoms with Gasteiger partial charge in [-0.15, -0.1) is 0 Å². The van der Waals surface area contributed by atoms with Crippen molar-refractivity contribution < 1.29 is 8.42 Å². The minimum absolute atomic E-state index is 0.0455.